The van der Waals surface area contributed by atoms with E-state index in [1.165, 1.54) is 12.1 Å². The van der Waals surface area contributed by atoms with Gasteiger partial charge < -0.3 is 9.53 Å². The van der Waals surface area contributed by atoms with Crippen molar-refractivity contribution in [2.24, 2.45) is 0 Å². The zero-order valence-corrected chi connectivity index (χ0v) is 14.1. The van der Waals surface area contributed by atoms with Crippen molar-refractivity contribution in [3.05, 3.63) is 29.8 Å². The Hall–Kier alpha value is -1.53. The number of carbonyl (C=O) groups excluding carboxylic acids is 1. The summed E-state index contributed by atoms with van der Waals surface area (Å²) in [5.41, 5.74) is -0.102. The largest absolute Gasteiger partial charge is 0.494 e. The van der Waals surface area contributed by atoms with Crippen LogP contribution in [0.5, 0.6) is 5.75 Å². The first kappa shape index (κ1) is 18.8. The molecule has 0 spiro atoms. The molecule has 0 radical (unpaired) electrons. The average molecular weight is 340 g/mol. The molecule has 0 bridgehead atoms. The van der Waals surface area contributed by atoms with Gasteiger partial charge in [-0.15, -0.1) is 0 Å². The number of likely N-dealkylation sites (tertiary alicyclic amines) is 1. The number of hydrogen-bond acceptors (Lipinski definition) is 4. The summed E-state index contributed by atoms with van der Waals surface area (Å²) in [5.74, 6) is -2.61. The number of nitrogens with one attached hydrogen (secondary N) is 1. The Balaban J connectivity index is 1.95. The predicted molar refractivity (Wildman–Crippen MR) is 89.4 cm³/mol. The van der Waals surface area contributed by atoms with Crippen molar-refractivity contribution >= 4 is 6.29 Å². The van der Waals surface area contributed by atoms with Crippen LogP contribution < -0.4 is 10.1 Å². The van der Waals surface area contributed by atoms with E-state index in [-0.39, 0.29) is 5.56 Å². The van der Waals surface area contributed by atoms with Crippen molar-refractivity contribution in [1.82, 2.24) is 10.2 Å². The lowest BCUT2D eigenvalue weighted by Gasteiger charge is -2.26. The number of nitrogens with zero attached hydrogens (tertiary/aromatic N) is 1. The Kier molecular flexibility index (Phi) is 7.12. The van der Waals surface area contributed by atoms with Gasteiger partial charge in [-0.05, 0) is 31.4 Å². The Labute approximate surface area is 142 Å². The molecule has 1 atom stereocenters. The molecule has 2 rings (SSSR count). The molecule has 24 heavy (non-hydrogen) atoms. The molecule has 1 fully saturated rings. The van der Waals surface area contributed by atoms with Gasteiger partial charge in [-0.1, -0.05) is 25.5 Å². The van der Waals surface area contributed by atoms with Crippen LogP contribution >= 0.6 is 0 Å². The molecule has 6 heteroatoms. The van der Waals surface area contributed by atoms with Crippen molar-refractivity contribution in [2.75, 3.05) is 26.2 Å². The molecule has 1 heterocycles. The Bertz CT molecular complexity index is 519. The van der Waals surface area contributed by atoms with E-state index in [2.05, 4.69) is 5.32 Å². The second-order valence-electron chi connectivity index (χ2n) is 6.14. The Morgan fingerprint density at radius 3 is 2.79 bits per heavy atom. The van der Waals surface area contributed by atoms with Gasteiger partial charge in [0, 0.05) is 18.7 Å². The quantitative estimate of drug-likeness (QED) is 0.525. The summed E-state index contributed by atoms with van der Waals surface area (Å²) in [4.78, 5) is 13.1. The summed E-state index contributed by atoms with van der Waals surface area (Å²) < 4.78 is 34.4. The van der Waals surface area contributed by atoms with Gasteiger partial charge in [0.15, 0.2) is 6.29 Å². The van der Waals surface area contributed by atoms with Crippen LogP contribution in [-0.4, -0.2) is 43.6 Å². The molecular formula is C18H26F2N2O2. The molecule has 1 aromatic carbocycles. The van der Waals surface area contributed by atoms with Crippen LogP contribution in [0.15, 0.2) is 24.3 Å². The minimum Gasteiger partial charge on any atom is -0.494 e. The predicted octanol–water partition coefficient (Wildman–Crippen LogP) is 3.17. The second-order valence-corrected chi connectivity index (χ2v) is 6.14. The van der Waals surface area contributed by atoms with E-state index in [9.17, 15) is 13.6 Å². The van der Waals surface area contributed by atoms with Crippen LogP contribution in [0.1, 0.15) is 38.2 Å². The van der Waals surface area contributed by atoms with Crippen LogP contribution in [-0.2, 0) is 10.7 Å². The van der Waals surface area contributed by atoms with Crippen molar-refractivity contribution in [3.63, 3.8) is 0 Å². The molecule has 1 aliphatic rings. The van der Waals surface area contributed by atoms with Gasteiger partial charge in [0.2, 0.25) is 0 Å². The molecule has 0 saturated carbocycles. The maximum Gasteiger partial charge on any atom is 0.285 e. The minimum atomic E-state index is -3.06. The first-order chi connectivity index (χ1) is 11.6. The number of halogens is 2. The maximum absolute atomic E-state index is 14.5. The second kappa shape index (κ2) is 9.08. The zero-order chi connectivity index (χ0) is 17.4. The molecular weight excluding hydrogens is 314 g/mol. The Morgan fingerprint density at radius 1 is 1.38 bits per heavy atom. The fraction of sp³-hybridized carbons (Fsp3) is 0.611. The van der Waals surface area contributed by atoms with Crippen LogP contribution in [0, 0.1) is 0 Å². The molecule has 0 amide bonds. The van der Waals surface area contributed by atoms with Crippen molar-refractivity contribution < 1.29 is 18.3 Å². The number of hydrogen-bond donors (Lipinski definition) is 1. The van der Waals surface area contributed by atoms with Crippen LogP contribution in [0.2, 0.25) is 0 Å². The van der Waals surface area contributed by atoms with E-state index in [1.807, 2.05) is 11.8 Å². The van der Waals surface area contributed by atoms with Crippen molar-refractivity contribution in [1.29, 1.82) is 0 Å². The lowest BCUT2D eigenvalue weighted by atomic mass is 10.1. The standard InChI is InChI=1S/C18H26F2N2O2/c1-2-3-11-24-16-8-6-7-15(12-16)18(19,20)14-21-17(13-23)22-9-4-5-10-22/h6-8,12-13,17,21H,2-5,9-11,14H2,1H3. The summed E-state index contributed by atoms with van der Waals surface area (Å²) in [6.45, 7) is 3.52. The van der Waals surface area contributed by atoms with Gasteiger partial charge in [-0.25, -0.2) is 0 Å². The molecule has 4 nitrogen and oxygen atoms in total. The van der Waals surface area contributed by atoms with E-state index < -0.39 is 18.6 Å². The summed E-state index contributed by atoms with van der Waals surface area (Å²) in [5, 5.41) is 2.69. The van der Waals surface area contributed by atoms with Gasteiger partial charge >= 0.3 is 0 Å². The summed E-state index contributed by atoms with van der Waals surface area (Å²) >= 11 is 0. The summed E-state index contributed by atoms with van der Waals surface area (Å²) in [7, 11) is 0. The van der Waals surface area contributed by atoms with E-state index in [1.54, 1.807) is 12.1 Å². The number of unbranched alkanes of at least 4 members (excludes halogenated alkanes) is 1. The normalized spacial score (nSPS) is 17.0. The molecule has 0 aliphatic carbocycles. The van der Waals surface area contributed by atoms with Crippen LogP contribution in [0.3, 0.4) is 0 Å². The van der Waals surface area contributed by atoms with Gasteiger partial charge in [0.05, 0.1) is 13.2 Å². The molecule has 1 unspecified atom stereocenters. The van der Waals surface area contributed by atoms with Gasteiger partial charge in [0.25, 0.3) is 5.92 Å². The maximum atomic E-state index is 14.5. The number of aldehydes is 1. The van der Waals surface area contributed by atoms with E-state index >= 15 is 0 Å². The molecule has 1 aromatic rings. The monoisotopic (exact) mass is 340 g/mol. The van der Waals surface area contributed by atoms with Gasteiger partial charge in [-0.3, -0.25) is 10.2 Å². The zero-order valence-electron chi connectivity index (χ0n) is 14.1. The summed E-state index contributed by atoms with van der Waals surface area (Å²) in [6, 6.07) is 6.02. The number of benzene rings is 1. The molecule has 1 aliphatic heterocycles. The molecule has 0 aromatic heterocycles. The third-order valence-corrected chi connectivity index (χ3v) is 4.22. The minimum absolute atomic E-state index is 0.102. The molecule has 1 saturated heterocycles. The fourth-order valence-corrected chi connectivity index (χ4v) is 2.77. The van der Waals surface area contributed by atoms with E-state index in [0.717, 1.165) is 38.8 Å². The first-order valence-corrected chi connectivity index (χ1v) is 8.60. The van der Waals surface area contributed by atoms with Crippen molar-refractivity contribution in [2.45, 2.75) is 44.7 Å². The van der Waals surface area contributed by atoms with Crippen LogP contribution in [0.4, 0.5) is 8.78 Å². The molecule has 1 N–H and O–H groups in total. The molecule has 134 valence electrons. The smallest absolute Gasteiger partial charge is 0.285 e. The highest BCUT2D eigenvalue weighted by Crippen LogP contribution is 2.30. The third-order valence-electron chi connectivity index (χ3n) is 4.22. The average Bonchev–Trinajstić information content (AvgIpc) is 3.10. The highest BCUT2D eigenvalue weighted by molar-refractivity contribution is 5.57. The lowest BCUT2D eigenvalue weighted by Crippen LogP contribution is -2.48. The third kappa shape index (κ3) is 5.24. The Morgan fingerprint density at radius 2 is 2.12 bits per heavy atom. The SMILES string of the molecule is CCCCOc1cccc(C(F)(F)CNC(C=O)N2CCCC2)c1. The topological polar surface area (TPSA) is 41.6 Å². The van der Waals surface area contributed by atoms with Gasteiger partial charge in [-0.2, -0.15) is 8.78 Å². The van der Waals surface area contributed by atoms with Crippen LogP contribution in [0.25, 0.3) is 0 Å². The summed E-state index contributed by atoms with van der Waals surface area (Å²) in [6.07, 6.45) is 3.93. The number of ether oxygens (including phenoxy) is 1. The lowest BCUT2D eigenvalue weighted by molar-refractivity contribution is -0.113. The highest BCUT2D eigenvalue weighted by atomic mass is 19.3. The van der Waals surface area contributed by atoms with E-state index in [4.69, 9.17) is 4.74 Å². The number of alkyl halides is 2. The van der Waals surface area contributed by atoms with Crippen molar-refractivity contribution in [3.8, 4) is 5.75 Å². The van der Waals surface area contributed by atoms with Gasteiger partial charge in [0.1, 0.15) is 11.9 Å². The highest BCUT2D eigenvalue weighted by Gasteiger charge is 2.33. The number of carbonyl (C=O) groups is 1. The number of rotatable bonds is 10. The first-order valence-electron chi connectivity index (χ1n) is 8.60. The fourth-order valence-electron chi connectivity index (χ4n) is 2.77. The van der Waals surface area contributed by atoms with E-state index in [0.29, 0.717) is 18.6 Å².